The van der Waals surface area contributed by atoms with Gasteiger partial charge in [-0.1, -0.05) is 20.8 Å². The van der Waals surface area contributed by atoms with Crippen molar-refractivity contribution in [3.8, 4) is 0 Å². The fourth-order valence-electron chi connectivity index (χ4n) is 4.45. The topological polar surface area (TPSA) is 58.1 Å². The van der Waals surface area contributed by atoms with Crippen molar-refractivity contribution in [2.24, 2.45) is 16.7 Å². The molecule has 1 N–H and O–H groups in total. The van der Waals surface area contributed by atoms with Gasteiger partial charge >= 0.3 is 0 Å². The molecule has 2 bridgehead atoms. The number of nitrogens with zero attached hydrogens (tertiary/aromatic N) is 3. The lowest BCUT2D eigenvalue weighted by Crippen LogP contribution is -2.49. The molecule has 1 aromatic heterocycles. The van der Waals surface area contributed by atoms with E-state index in [4.69, 9.17) is 0 Å². The Balaban J connectivity index is 1.62. The summed E-state index contributed by atoms with van der Waals surface area (Å²) >= 11 is 0. The average molecular weight is 302 g/mol. The summed E-state index contributed by atoms with van der Waals surface area (Å²) in [6.07, 6.45) is 8.59. The van der Waals surface area contributed by atoms with Gasteiger partial charge in [0.15, 0.2) is 0 Å². The molecule has 120 valence electrons. The Labute approximate surface area is 132 Å². The van der Waals surface area contributed by atoms with Crippen LogP contribution in [0.1, 0.15) is 40.0 Å². The quantitative estimate of drug-likeness (QED) is 0.927. The van der Waals surface area contributed by atoms with Crippen LogP contribution in [0.15, 0.2) is 18.6 Å². The Morgan fingerprint density at radius 3 is 2.73 bits per heavy atom. The Hall–Kier alpha value is -1.65. The number of hydrogen-bond donors (Lipinski definition) is 1. The molecular weight excluding hydrogens is 276 g/mol. The summed E-state index contributed by atoms with van der Waals surface area (Å²) in [6.45, 7) is 7.39. The second-order valence-corrected chi connectivity index (χ2v) is 7.65. The van der Waals surface area contributed by atoms with Gasteiger partial charge < -0.3 is 10.2 Å². The van der Waals surface area contributed by atoms with Crippen LogP contribution in [0.3, 0.4) is 0 Å². The number of amides is 1. The van der Waals surface area contributed by atoms with E-state index in [2.05, 4.69) is 36.1 Å². The molecule has 22 heavy (non-hydrogen) atoms. The van der Waals surface area contributed by atoms with Crippen molar-refractivity contribution < 1.29 is 4.79 Å². The van der Waals surface area contributed by atoms with Crippen LogP contribution in [0, 0.1) is 16.7 Å². The van der Waals surface area contributed by atoms with E-state index in [0.29, 0.717) is 18.0 Å². The van der Waals surface area contributed by atoms with Crippen molar-refractivity contribution in [1.29, 1.82) is 0 Å². The molecule has 0 aliphatic heterocycles. The predicted octanol–water partition coefficient (Wildman–Crippen LogP) is 2.24. The van der Waals surface area contributed by atoms with Gasteiger partial charge in [0, 0.05) is 25.5 Å². The number of rotatable bonds is 4. The Bertz CT molecular complexity index is 559. The lowest BCUT2D eigenvalue weighted by atomic mass is 9.69. The average Bonchev–Trinajstić information content (AvgIpc) is 2.81. The molecule has 1 heterocycles. The Morgan fingerprint density at radius 2 is 2.18 bits per heavy atom. The minimum atomic E-state index is 0.0720. The molecule has 0 radical (unpaired) electrons. The second-order valence-electron chi connectivity index (χ2n) is 7.65. The molecule has 1 aromatic rings. The highest BCUT2D eigenvalue weighted by Gasteiger charge is 2.61. The molecule has 2 saturated carbocycles. The minimum Gasteiger partial charge on any atom is -0.351 e. The van der Waals surface area contributed by atoms with Crippen LogP contribution in [0.2, 0.25) is 0 Å². The number of anilines is 1. The third-order valence-electron chi connectivity index (χ3n) is 6.45. The zero-order chi connectivity index (χ0) is 16.0. The minimum absolute atomic E-state index is 0.0720. The number of likely N-dealkylation sites (N-methyl/N-ethyl adjacent to an activating group) is 1. The summed E-state index contributed by atoms with van der Waals surface area (Å²) in [4.78, 5) is 22.5. The van der Waals surface area contributed by atoms with Gasteiger partial charge in [0.1, 0.15) is 5.82 Å². The summed E-state index contributed by atoms with van der Waals surface area (Å²) in [5.74, 6) is 1.53. The molecule has 5 heteroatoms. The maximum atomic E-state index is 12.4. The van der Waals surface area contributed by atoms with Gasteiger partial charge in [-0.25, -0.2) is 4.98 Å². The van der Waals surface area contributed by atoms with Gasteiger partial charge in [-0.3, -0.25) is 9.78 Å². The molecule has 0 saturated heterocycles. The molecule has 2 aliphatic carbocycles. The van der Waals surface area contributed by atoms with Crippen LogP contribution in [0.4, 0.5) is 5.82 Å². The first kappa shape index (κ1) is 15.3. The highest BCUT2D eigenvalue weighted by Crippen LogP contribution is 2.65. The van der Waals surface area contributed by atoms with Crippen molar-refractivity contribution in [2.75, 3.05) is 18.5 Å². The summed E-state index contributed by atoms with van der Waals surface area (Å²) in [6, 6.07) is 0.295. The van der Waals surface area contributed by atoms with Gasteiger partial charge in [-0.2, -0.15) is 0 Å². The number of carbonyl (C=O) groups excluding carboxylic acids is 1. The summed E-state index contributed by atoms with van der Waals surface area (Å²) in [5, 5.41) is 3.28. The highest BCUT2D eigenvalue weighted by molar-refractivity contribution is 5.81. The smallest absolute Gasteiger partial charge is 0.239 e. The standard InChI is InChI=1S/C17H26N4O/c1-16(2)12-5-6-17(16,3)13(9-12)20-15(22)11-21(4)14-10-18-7-8-19-14/h7-8,10,12-13H,5-6,9,11H2,1-4H3,(H,20,22)/t12-,13+,17-/m1/s1. The second kappa shape index (κ2) is 5.21. The number of aromatic nitrogens is 2. The molecule has 5 nitrogen and oxygen atoms in total. The lowest BCUT2D eigenvalue weighted by molar-refractivity contribution is -0.121. The van der Waals surface area contributed by atoms with Gasteiger partial charge in [0.2, 0.25) is 5.91 Å². The molecule has 2 fully saturated rings. The zero-order valence-corrected chi connectivity index (χ0v) is 14.0. The molecule has 3 atom stereocenters. The fourth-order valence-corrected chi connectivity index (χ4v) is 4.45. The summed E-state index contributed by atoms with van der Waals surface area (Å²) < 4.78 is 0. The van der Waals surface area contributed by atoms with Crippen LogP contribution in [0.25, 0.3) is 0 Å². The first-order valence-corrected chi connectivity index (χ1v) is 8.11. The lowest BCUT2D eigenvalue weighted by Gasteiger charge is -2.39. The largest absolute Gasteiger partial charge is 0.351 e. The van der Waals surface area contributed by atoms with E-state index in [1.807, 2.05) is 11.9 Å². The van der Waals surface area contributed by atoms with Crippen LogP contribution in [-0.2, 0) is 4.79 Å². The van der Waals surface area contributed by atoms with E-state index in [9.17, 15) is 4.79 Å². The first-order chi connectivity index (χ1) is 10.3. The van der Waals surface area contributed by atoms with Crippen molar-refractivity contribution in [2.45, 2.75) is 46.1 Å². The molecule has 0 spiro atoms. The maximum absolute atomic E-state index is 12.4. The molecule has 0 unspecified atom stereocenters. The van der Waals surface area contributed by atoms with Crippen LogP contribution in [-0.4, -0.2) is 35.5 Å². The van der Waals surface area contributed by atoms with Crippen LogP contribution < -0.4 is 10.2 Å². The zero-order valence-electron chi connectivity index (χ0n) is 14.0. The van der Waals surface area contributed by atoms with Crippen LogP contribution in [0.5, 0.6) is 0 Å². The van der Waals surface area contributed by atoms with E-state index in [-0.39, 0.29) is 11.3 Å². The molecule has 2 aliphatic rings. The Morgan fingerprint density at radius 1 is 1.41 bits per heavy atom. The molecule has 0 aromatic carbocycles. The van der Waals surface area contributed by atoms with E-state index in [0.717, 1.165) is 18.2 Å². The van der Waals surface area contributed by atoms with Gasteiger partial charge in [-0.15, -0.1) is 0 Å². The number of hydrogen-bond acceptors (Lipinski definition) is 4. The number of fused-ring (bicyclic) bond motifs is 2. The van der Waals surface area contributed by atoms with Gasteiger partial charge in [-0.05, 0) is 36.0 Å². The van der Waals surface area contributed by atoms with Crippen molar-refractivity contribution >= 4 is 11.7 Å². The van der Waals surface area contributed by atoms with Gasteiger partial charge in [0.25, 0.3) is 0 Å². The predicted molar refractivity (Wildman–Crippen MR) is 86.5 cm³/mol. The molecule has 1 amide bonds. The molecule has 3 rings (SSSR count). The third-order valence-corrected chi connectivity index (χ3v) is 6.45. The Kier molecular flexibility index (Phi) is 3.62. The number of carbonyl (C=O) groups is 1. The van der Waals surface area contributed by atoms with E-state index < -0.39 is 0 Å². The number of nitrogens with one attached hydrogen (secondary N) is 1. The summed E-state index contributed by atoms with van der Waals surface area (Å²) in [7, 11) is 1.87. The van der Waals surface area contributed by atoms with E-state index in [1.54, 1.807) is 18.6 Å². The third kappa shape index (κ3) is 2.27. The first-order valence-electron chi connectivity index (χ1n) is 8.11. The van der Waals surface area contributed by atoms with Gasteiger partial charge in [0.05, 0.1) is 12.7 Å². The van der Waals surface area contributed by atoms with E-state index >= 15 is 0 Å². The fraction of sp³-hybridized carbons (Fsp3) is 0.706. The van der Waals surface area contributed by atoms with Crippen LogP contribution >= 0.6 is 0 Å². The van der Waals surface area contributed by atoms with E-state index in [1.165, 1.54) is 12.8 Å². The van der Waals surface area contributed by atoms with Crippen molar-refractivity contribution in [3.05, 3.63) is 18.6 Å². The normalized spacial score (nSPS) is 32.0. The maximum Gasteiger partial charge on any atom is 0.239 e. The van der Waals surface area contributed by atoms with Crippen molar-refractivity contribution in [1.82, 2.24) is 15.3 Å². The highest BCUT2D eigenvalue weighted by atomic mass is 16.2. The monoisotopic (exact) mass is 302 g/mol. The SMILES string of the molecule is CN(CC(=O)N[C@H]1C[C@H]2CC[C@@]1(C)C2(C)C)c1cnccn1. The van der Waals surface area contributed by atoms with Crippen molar-refractivity contribution in [3.63, 3.8) is 0 Å². The molecular formula is C17H26N4O. The summed E-state index contributed by atoms with van der Waals surface area (Å²) in [5.41, 5.74) is 0.542.